The van der Waals surface area contributed by atoms with Crippen molar-refractivity contribution in [2.75, 3.05) is 6.67 Å². The van der Waals surface area contributed by atoms with Crippen LogP contribution in [0.3, 0.4) is 0 Å². The molecule has 3 aliphatic rings. The third-order valence-electron chi connectivity index (χ3n) is 5.60. The van der Waals surface area contributed by atoms with Crippen LogP contribution < -0.4 is 5.32 Å². The summed E-state index contributed by atoms with van der Waals surface area (Å²) in [6.45, 7) is 0.657. The van der Waals surface area contributed by atoms with Gasteiger partial charge in [-0.3, -0.25) is 0 Å². The smallest absolute Gasteiger partial charge is 0.129 e. The Bertz CT molecular complexity index is 625. The summed E-state index contributed by atoms with van der Waals surface area (Å²) in [5.74, 6) is 0.0197. The Balaban J connectivity index is 1.56. The van der Waals surface area contributed by atoms with Crippen molar-refractivity contribution < 1.29 is 14.6 Å². The lowest BCUT2D eigenvalue weighted by Crippen LogP contribution is -2.32. The summed E-state index contributed by atoms with van der Waals surface area (Å²) in [6, 6.07) is 5.08. The fourth-order valence-corrected chi connectivity index (χ4v) is 4.33. The summed E-state index contributed by atoms with van der Waals surface area (Å²) >= 11 is 0. The molecular formula is C18H23FN2O2. The van der Waals surface area contributed by atoms with E-state index in [2.05, 4.69) is 10.2 Å². The van der Waals surface area contributed by atoms with E-state index in [1.807, 2.05) is 12.3 Å². The number of nitrogens with one attached hydrogen (secondary N) is 1. The molecule has 5 heteroatoms. The van der Waals surface area contributed by atoms with Crippen LogP contribution in [0.4, 0.5) is 4.39 Å². The molecule has 1 aliphatic carbocycles. The quantitative estimate of drug-likeness (QED) is 0.801. The van der Waals surface area contributed by atoms with Crippen LogP contribution in [0.2, 0.25) is 0 Å². The van der Waals surface area contributed by atoms with Crippen LogP contribution in [0.25, 0.3) is 5.70 Å². The topological polar surface area (TPSA) is 55.7 Å². The molecule has 4 nitrogen and oxygen atoms in total. The highest BCUT2D eigenvalue weighted by Gasteiger charge is 2.40. The van der Waals surface area contributed by atoms with Crippen LogP contribution in [0.1, 0.15) is 49.3 Å². The molecule has 2 heterocycles. The Labute approximate surface area is 135 Å². The maximum Gasteiger partial charge on any atom is 0.129 e. The van der Waals surface area contributed by atoms with Crippen molar-refractivity contribution in [2.24, 2.45) is 5.92 Å². The molecule has 1 aromatic carbocycles. The monoisotopic (exact) mass is 318 g/mol. The van der Waals surface area contributed by atoms with Gasteiger partial charge in [0.25, 0.3) is 0 Å². The summed E-state index contributed by atoms with van der Waals surface area (Å²) in [6.07, 6.45) is 5.00. The highest BCUT2D eigenvalue weighted by Crippen LogP contribution is 2.46. The van der Waals surface area contributed by atoms with Crippen LogP contribution in [-0.4, -0.2) is 34.0 Å². The summed E-state index contributed by atoms with van der Waals surface area (Å²) in [7, 11) is 0. The molecule has 0 aromatic heterocycles. The Morgan fingerprint density at radius 3 is 2.83 bits per heavy atom. The number of hydrogen-bond acceptors (Lipinski definition) is 4. The van der Waals surface area contributed by atoms with Gasteiger partial charge in [-0.2, -0.15) is 0 Å². The molecule has 0 amide bonds. The molecule has 4 rings (SSSR count). The standard InChI is InChI=1S/C18H23FN2O2/c19-14-3-1-2-13-16-9-20-10-21(16)15(18(13)14)8-17(23)11-4-6-12(22)7-5-11/h1-3,9,11-12,15,17,20,22-23H,4-8,10H2/t11-,12-,15-,17+/m1/s1. The van der Waals surface area contributed by atoms with Gasteiger partial charge in [0.15, 0.2) is 0 Å². The van der Waals surface area contributed by atoms with E-state index < -0.39 is 6.10 Å². The Kier molecular flexibility index (Phi) is 3.77. The molecule has 1 aromatic rings. The van der Waals surface area contributed by atoms with Gasteiger partial charge >= 0.3 is 0 Å². The number of benzene rings is 1. The van der Waals surface area contributed by atoms with Gasteiger partial charge in [0, 0.05) is 17.3 Å². The van der Waals surface area contributed by atoms with Crippen LogP contribution in [0, 0.1) is 11.7 Å². The number of aliphatic hydroxyl groups is 2. The number of aliphatic hydroxyl groups excluding tert-OH is 2. The minimum Gasteiger partial charge on any atom is -0.393 e. The fourth-order valence-electron chi connectivity index (χ4n) is 4.33. The van der Waals surface area contributed by atoms with E-state index in [9.17, 15) is 14.6 Å². The van der Waals surface area contributed by atoms with Crippen molar-refractivity contribution >= 4 is 5.70 Å². The van der Waals surface area contributed by atoms with E-state index in [1.165, 1.54) is 6.07 Å². The van der Waals surface area contributed by atoms with Crippen molar-refractivity contribution in [3.05, 3.63) is 41.3 Å². The van der Waals surface area contributed by atoms with Gasteiger partial charge in [-0.25, -0.2) is 4.39 Å². The number of hydrogen-bond donors (Lipinski definition) is 3. The summed E-state index contributed by atoms with van der Waals surface area (Å²) < 4.78 is 14.4. The van der Waals surface area contributed by atoms with Gasteiger partial charge in [-0.15, -0.1) is 0 Å². The van der Waals surface area contributed by atoms with Gasteiger partial charge in [0.1, 0.15) is 5.82 Å². The van der Waals surface area contributed by atoms with Crippen molar-refractivity contribution in [3.63, 3.8) is 0 Å². The van der Waals surface area contributed by atoms with Crippen molar-refractivity contribution in [1.29, 1.82) is 0 Å². The first-order valence-electron chi connectivity index (χ1n) is 8.50. The zero-order chi connectivity index (χ0) is 16.0. The lowest BCUT2D eigenvalue weighted by molar-refractivity contribution is 0.0263. The maximum absolute atomic E-state index is 14.4. The molecule has 124 valence electrons. The summed E-state index contributed by atoms with van der Waals surface area (Å²) in [5, 5.41) is 23.5. The fraction of sp³-hybridized carbons (Fsp3) is 0.556. The predicted octanol–water partition coefficient (Wildman–Crippen LogP) is 2.34. The molecule has 2 aliphatic heterocycles. The van der Waals surface area contributed by atoms with Crippen LogP contribution in [0.15, 0.2) is 24.4 Å². The third-order valence-corrected chi connectivity index (χ3v) is 5.60. The second-order valence-electron chi connectivity index (χ2n) is 6.95. The van der Waals surface area contributed by atoms with Gasteiger partial charge in [0.05, 0.1) is 30.6 Å². The van der Waals surface area contributed by atoms with Crippen molar-refractivity contribution in [3.8, 4) is 0 Å². The van der Waals surface area contributed by atoms with Gasteiger partial charge in [0.2, 0.25) is 0 Å². The average Bonchev–Trinajstić information content (AvgIpc) is 3.12. The van der Waals surface area contributed by atoms with E-state index in [1.54, 1.807) is 6.07 Å². The number of halogens is 1. The molecule has 0 bridgehead atoms. The number of fused-ring (bicyclic) bond motifs is 3. The van der Waals surface area contributed by atoms with Gasteiger partial charge < -0.3 is 20.4 Å². The van der Waals surface area contributed by atoms with Crippen molar-refractivity contribution in [1.82, 2.24) is 10.2 Å². The number of rotatable bonds is 3. The Morgan fingerprint density at radius 1 is 1.26 bits per heavy atom. The largest absolute Gasteiger partial charge is 0.393 e. The minimum atomic E-state index is -0.458. The SMILES string of the molecule is O[C@@H](C[C@@H]1c2c(F)cccc2C2=CNCN21)[C@H]1CC[C@H](O)CC1. The molecule has 0 saturated heterocycles. The highest BCUT2D eigenvalue weighted by atomic mass is 19.1. The molecule has 1 fully saturated rings. The average molecular weight is 318 g/mol. The van der Waals surface area contributed by atoms with E-state index >= 15 is 0 Å². The highest BCUT2D eigenvalue weighted by molar-refractivity contribution is 5.73. The molecular weight excluding hydrogens is 295 g/mol. The van der Waals surface area contributed by atoms with Crippen LogP contribution in [-0.2, 0) is 0 Å². The Hall–Kier alpha value is -1.59. The molecule has 1 saturated carbocycles. The van der Waals surface area contributed by atoms with E-state index in [-0.39, 0.29) is 23.9 Å². The molecule has 3 N–H and O–H groups in total. The Morgan fingerprint density at radius 2 is 2.04 bits per heavy atom. The molecule has 0 radical (unpaired) electrons. The summed E-state index contributed by atoms with van der Waals surface area (Å²) in [5.41, 5.74) is 2.68. The van der Waals surface area contributed by atoms with E-state index in [0.717, 1.165) is 42.5 Å². The molecule has 2 atom stereocenters. The third kappa shape index (κ3) is 2.52. The zero-order valence-electron chi connectivity index (χ0n) is 13.1. The first kappa shape index (κ1) is 15.0. The number of nitrogens with zero attached hydrogens (tertiary/aromatic N) is 1. The van der Waals surface area contributed by atoms with E-state index in [4.69, 9.17) is 0 Å². The van der Waals surface area contributed by atoms with E-state index in [0.29, 0.717) is 13.1 Å². The molecule has 23 heavy (non-hydrogen) atoms. The predicted molar refractivity (Wildman–Crippen MR) is 85.5 cm³/mol. The normalized spacial score (nSPS) is 30.5. The maximum atomic E-state index is 14.4. The second-order valence-corrected chi connectivity index (χ2v) is 6.95. The minimum absolute atomic E-state index is 0.116. The molecule has 0 spiro atoms. The van der Waals surface area contributed by atoms with Crippen LogP contribution in [0.5, 0.6) is 0 Å². The first-order chi connectivity index (χ1) is 11.1. The van der Waals surface area contributed by atoms with Gasteiger partial charge in [-0.1, -0.05) is 12.1 Å². The lowest BCUT2D eigenvalue weighted by Gasteiger charge is -2.33. The first-order valence-corrected chi connectivity index (χ1v) is 8.50. The van der Waals surface area contributed by atoms with Crippen LogP contribution >= 0.6 is 0 Å². The zero-order valence-corrected chi connectivity index (χ0v) is 13.1. The van der Waals surface area contributed by atoms with Crippen molar-refractivity contribution in [2.45, 2.75) is 50.4 Å². The lowest BCUT2D eigenvalue weighted by atomic mass is 9.81. The summed E-state index contributed by atoms with van der Waals surface area (Å²) in [4.78, 5) is 2.15. The second kappa shape index (κ2) is 5.80. The molecule has 0 unspecified atom stereocenters. The van der Waals surface area contributed by atoms with Gasteiger partial charge in [-0.05, 0) is 44.1 Å².